The SMILES string of the molecule is COC1CN(C(=O)Nc2cc(Oc3cnc4nc(Nc5cc6n(n5)CCC65CCC5)n(C)c4c3C#N)ccn2)C1. The summed E-state index contributed by atoms with van der Waals surface area (Å²) in [6.45, 7) is 2.00. The monoisotopic (exact) mass is 540 g/mol. The molecule has 3 aliphatic rings. The summed E-state index contributed by atoms with van der Waals surface area (Å²) in [5, 5.41) is 20.9. The van der Waals surface area contributed by atoms with Gasteiger partial charge in [-0.25, -0.2) is 14.8 Å². The van der Waals surface area contributed by atoms with Gasteiger partial charge in [-0.3, -0.25) is 10.00 Å². The van der Waals surface area contributed by atoms with Gasteiger partial charge in [-0.15, -0.1) is 0 Å². The summed E-state index contributed by atoms with van der Waals surface area (Å²) in [6, 6.07) is 7.35. The van der Waals surface area contributed by atoms with Crippen molar-refractivity contribution in [1.82, 2.24) is 34.2 Å². The van der Waals surface area contributed by atoms with E-state index < -0.39 is 0 Å². The molecular weight excluding hydrogens is 512 g/mol. The summed E-state index contributed by atoms with van der Waals surface area (Å²) >= 11 is 0. The highest BCUT2D eigenvalue weighted by Gasteiger charge is 2.45. The third-order valence-corrected chi connectivity index (χ3v) is 8.31. The van der Waals surface area contributed by atoms with Crippen molar-refractivity contribution in [3.63, 3.8) is 0 Å². The number of imidazole rings is 1. The van der Waals surface area contributed by atoms with Gasteiger partial charge < -0.3 is 24.3 Å². The number of likely N-dealkylation sites (tertiary alicyclic amines) is 1. The zero-order valence-electron chi connectivity index (χ0n) is 22.2. The molecule has 7 rings (SSSR count). The van der Waals surface area contributed by atoms with Crippen molar-refractivity contribution >= 4 is 34.8 Å². The molecule has 204 valence electrons. The minimum Gasteiger partial charge on any atom is -0.454 e. The summed E-state index contributed by atoms with van der Waals surface area (Å²) in [5.41, 5.74) is 2.84. The number of carbonyl (C=O) groups is 1. The molecule has 0 bridgehead atoms. The van der Waals surface area contributed by atoms with Crippen molar-refractivity contribution in [1.29, 1.82) is 5.26 Å². The van der Waals surface area contributed by atoms with Gasteiger partial charge in [0.15, 0.2) is 17.2 Å². The van der Waals surface area contributed by atoms with Crippen LogP contribution in [-0.4, -0.2) is 66.5 Å². The number of methoxy groups -OCH3 is 1. The normalized spacial score (nSPS) is 17.3. The van der Waals surface area contributed by atoms with Crippen LogP contribution in [0.3, 0.4) is 0 Å². The minimum atomic E-state index is -0.264. The molecule has 2 amide bonds. The fraction of sp³-hybridized carbons (Fsp3) is 0.407. The quantitative estimate of drug-likeness (QED) is 0.374. The van der Waals surface area contributed by atoms with Crippen molar-refractivity contribution in [2.75, 3.05) is 30.8 Å². The van der Waals surface area contributed by atoms with Crippen LogP contribution in [0.5, 0.6) is 11.5 Å². The molecule has 1 saturated carbocycles. The topological polar surface area (TPSA) is 148 Å². The van der Waals surface area contributed by atoms with Crippen LogP contribution in [0.1, 0.15) is 36.9 Å². The van der Waals surface area contributed by atoms with E-state index in [4.69, 9.17) is 14.6 Å². The average Bonchev–Trinajstić information content (AvgIpc) is 3.55. The van der Waals surface area contributed by atoms with Crippen LogP contribution in [-0.2, 0) is 23.7 Å². The number of urea groups is 1. The number of carbonyl (C=O) groups excluding carboxylic acids is 1. The lowest BCUT2D eigenvalue weighted by atomic mass is 9.66. The highest BCUT2D eigenvalue weighted by molar-refractivity contribution is 5.89. The molecule has 0 atom stereocenters. The van der Waals surface area contributed by atoms with Crippen molar-refractivity contribution < 1.29 is 14.3 Å². The summed E-state index contributed by atoms with van der Waals surface area (Å²) in [6.07, 6.45) is 7.95. The third kappa shape index (κ3) is 3.91. The van der Waals surface area contributed by atoms with Gasteiger partial charge >= 0.3 is 6.03 Å². The molecule has 40 heavy (non-hydrogen) atoms. The van der Waals surface area contributed by atoms with Crippen molar-refractivity contribution in [3.05, 3.63) is 41.9 Å². The van der Waals surface area contributed by atoms with E-state index in [1.165, 1.54) is 43.8 Å². The van der Waals surface area contributed by atoms with Crippen molar-refractivity contribution in [2.24, 2.45) is 7.05 Å². The second-order valence-electron chi connectivity index (χ2n) is 10.6. The molecule has 0 unspecified atom stereocenters. The lowest BCUT2D eigenvalue weighted by molar-refractivity contribution is -0.00467. The molecule has 13 heteroatoms. The first-order chi connectivity index (χ1) is 19.5. The van der Waals surface area contributed by atoms with E-state index >= 15 is 0 Å². The van der Waals surface area contributed by atoms with Crippen LogP contribution in [0.4, 0.5) is 22.4 Å². The van der Waals surface area contributed by atoms with Gasteiger partial charge in [-0.1, -0.05) is 6.42 Å². The third-order valence-electron chi connectivity index (χ3n) is 8.31. The first kappa shape index (κ1) is 24.3. The van der Waals surface area contributed by atoms with Gasteiger partial charge in [0.25, 0.3) is 0 Å². The number of aromatic nitrogens is 6. The van der Waals surface area contributed by atoms with Crippen LogP contribution in [0.2, 0.25) is 0 Å². The number of nitriles is 1. The predicted molar refractivity (Wildman–Crippen MR) is 145 cm³/mol. The number of pyridine rings is 2. The lowest BCUT2D eigenvalue weighted by Crippen LogP contribution is -2.55. The van der Waals surface area contributed by atoms with Crippen LogP contribution in [0.25, 0.3) is 11.2 Å². The minimum absolute atomic E-state index is 0.0583. The second-order valence-corrected chi connectivity index (χ2v) is 10.6. The van der Waals surface area contributed by atoms with E-state index in [0.717, 1.165) is 12.4 Å². The van der Waals surface area contributed by atoms with Gasteiger partial charge in [-0.05, 0) is 25.3 Å². The number of aryl methyl sites for hydroxylation is 2. The van der Waals surface area contributed by atoms with Crippen LogP contribution >= 0.6 is 0 Å². The van der Waals surface area contributed by atoms with E-state index in [1.807, 2.05) is 7.05 Å². The van der Waals surface area contributed by atoms with Crippen molar-refractivity contribution in [2.45, 2.75) is 43.7 Å². The molecule has 2 N–H and O–H groups in total. The fourth-order valence-corrected chi connectivity index (χ4v) is 5.81. The highest BCUT2D eigenvalue weighted by Crippen LogP contribution is 2.50. The largest absolute Gasteiger partial charge is 0.454 e. The van der Waals surface area contributed by atoms with E-state index in [2.05, 4.69) is 42.4 Å². The molecule has 1 spiro atoms. The Kier molecular flexibility index (Phi) is 5.60. The van der Waals surface area contributed by atoms with Crippen LogP contribution < -0.4 is 15.4 Å². The Morgan fingerprint density at radius 2 is 2.05 bits per heavy atom. The number of nitrogens with one attached hydrogen (secondary N) is 2. The first-order valence-electron chi connectivity index (χ1n) is 13.3. The standard InChI is InChI=1S/C27H28N10O3/c1-35-23-18(12-28)19(40-16-4-8-29-21(10-16)32-26(38)36-14-17(15-36)39-2)13-30-24(23)33-25(35)31-22-11-20-27(5-3-6-27)7-9-37(20)34-22/h4,8,10-11,13,17H,3,5-7,9,14-15H2,1-2H3,(H,29,32,38)(H,30,31,33,34). The van der Waals surface area contributed by atoms with E-state index in [9.17, 15) is 10.1 Å². The molecule has 13 nitrogen and oxygen atoms in total. The lowest BCUT2D eigenvalue weighted by Gasteiger charge is -2.37. The molecular formula is C27H28N10O3. The first-order valence-corrected chi connectivity index (χ1v) is 13.3. The van der Waals surface area contributed by atoms with E-state index in [-0.39, 0.29) is 17.9 Å². The maximum atomic E-state index is 12.4. The Hall–Kier alpha value is -4.70. The predicted octanol–water partition coefficient (Wildman–Crippen LogP) is 3.66. The molecule has 2 fully saturated rings. The molecule has 1 aliphatic carbocycles. The number of nitrogens with zero attached hydrogens (tertiary/aromatic N) is 8. The molecule has 4 aromatic rings. The van der Waals surface area contributed by atoms with Gasteiger partial charge in [0.1, 0.15) is 28.7 Å². The second kappa shape index (κ2) is 9.20. The smallest absolute Gasteiger partial charge is 0.323 e. The molecule has 2 aliphatic heterocycles. The molecule has 4 aromatic heterocycles. The van der Waals surface area contributed by atoms with E-state index in [1.54, 1.807) is 28.7 Å². The molecule has 6 heterocycles. The Labute approximate surface area is 229 Å². The summed E-state index contributed by atoms with van der Waals surface area (Å²) in [5.74, 6) is 2.27. The number of hydrogen-bond acceptors (Lipinski definition) is 9. The van der Waals surface area contributed by atoms with Crippen molar-refractivity contribution in [3.8, 4) is 17.6 Å². The number of ether oxygens (including phenoxy) is 2. The fourth-order valence-electron chi connectivity index (χ4n) is 5.81. The number of anilines is 3. The van der Waals surface area contributed by atoms with Crippen LogP contribution in [0.15, 0.2) is 30.6 Å². The van der Waals surface area contributed by atoms with Crippen LogP contribution in [0, 0.1) is 11.3 Å². The Bertz CT molecular complexity index is 1680. The average molecular weight is 541 g/mol. The zero-order chi connectivity index (χ0) is 27.4. The zero-order valence-corrected chi connectivity index (χ0v) is 22.2. The van der Waals surface area contributed by atoms with Gasteiger partial charge in [0, 0.05) is 50.1 Å². The molecule has 0 radical (unpaired) electrons. The Balaban J connectivity index is 1.11. The maximum absolute atomic E-state index is 12.4. The van der Waals surface area contributed by atoms with Gasteiger partial charge in [-0.2, -0.15) is 15.3 Å². The molecule has 0 aromatic carbocycles. The van der Waals surface area contributed by atoms with E-state index in [0.29, 0.717) is 52.7 Å². The number of hydrogen-bond donors (Lipinski definition) is 2. The Morgan fingerprint density at radius 3 is 2.80 bits per heavy atom. The number of amides is 2. The molecule has 1 saturated heterocycles. The maximum Gasteiger partial charge on any atom is 0.323 e. The summed E-state index contributed by atoms with van der Waals surface area (Å²) in [4.78, 5) is 27.3. The summed E-state index contributed by atoms with van der Waals surface area (Å²) in [7, 11) is 3.45. The van der Waals surface area contributed by atoms with Gasteiger partial charge in [0.2, 0.25) is 5.95 Å². The van der Waals surface area contributed by atoms with Gasteiger partial charge in [0.05, 0.1) is 25.4 Å². The number of rotatable bonds is 6. The number of fused-ring (bicyclic) bond motifs is 3. The highest BCUT2D eigenvalue weighted by atomic mass is 16.5. The summed E-state index contributed by atoms with van der Waals surface area (Å²) < 4.78 is 15.1. The Morgan fingerprint density at radius 1 is 1.20 bits per heavy atom.